The van der Waals surface area contributed by atoms with Gasteiger partial charge in [0, 0.05) is 24.0 Å². The molecular formula is C13H16ClN3O2S. The SMILES string of the molecule is CCS(=O)(=O)NCC(c1ccc(Cl)cc1)n1ccnc1. The van der Waals surface area contributed by atoms with Crippen LogP contribution in [0.1, 0.15) is 18.5 Å². The van der Waals surface area contributed by atoms with Crippen LogP contribution in [-0.4, -0.2) is 30.3 Å². The number of hydrogen-bond donors (Lipinski definition) is 1. The van der Waals surface area contributed by atoms with Gasteiger partial charge in [-0.3, -0.25) is 0 Å². The fourth-order valence-electron chi connectivity index (χ4n) is 1.84. The molecule has 0 spiro atoms. The summed E-state index contributed by atoms with van der Waals surface area (Å²) in [4.78, 5) is 4.01. The molecule has 0 fully saturated rings. The molecule has 2 aromatic rings. The number of halogens is 1. The van der Waals surface area contributed by atoms with E-state index in [9.17, 15) is 8.42 Å². The molecule has 1 unspecified atom stereocenters. The van der Waals surface area contributed by atoms with E-state index in [1.54, 1.807) is 37.8 Å². The van der Waals surface area contributed by atoms with Gasteiger partial charge in [0.2, 0.25) is 10.0 Å². The number of nitrogens with zero attached hydrogens (tertiary/aromatic N) is 2. The first-order chi connectivity index (χ1) is 9.52. The molecule has 1 aromatic carbocycles. The van der Waals surface area contributed by atoms with Gasteiger partial charge in [0.15, 0.2) is 0 Å². The van der Waals surface area contributed by atoms with Gasteiger partial charge in [-0.1, -0.05) is 23.7 Å². The van der Waals surface area contributed by atoms with E-state index in [2.05, 4.69) is 9.71 Å². The zero-order chi connectivity index (χ0) is 14.6. The molecule has 1 atom stereocenters. The van der Waals surface area contributed by atoms with Crippen LogP contribution < -0.4 is 4.72 Å². The van der Waals surface area contributed by atoms with Crippen molar-refractivity contribution in [2.45, 2.75) is 13.0 Å². The minimum atomic E-state index is -3.23. The smallest absolute Gasteiger partial charge is 0.211 e. The maximum atomic E-state index is 11.6. The molecule has 0 amide bonds. The molecule has 0 aliphatic rings. The Morgan fingerprint density at radius 2 is 2.05 bits per heavy atom. The van der Waals surface area contributed by atoms with Crippen molar-refractivity contribution < 1.29 is 8.42 Å². The van der Waals surface area contributed by atoms with Crippen molar-refractivity contribution in [3.63, 3.8) is 0 Å². The lowest BCUT2D eigenvalue weighted by molar-refractivity contribution is 0.543. The van der Waals surface area contributed by atoms with Crippen LogP contribution >= 0.6 is 11.6 Å². The first kappa shape index (κ1) is 15.0. The molecule has 1 aromatic heterocycles. The average Bonchev–Trinajstić information content (AvgIpc) is 2.95. The molecule has 5 nitrogen and oxygen atoms in total. The van der Waals surface area contributed by atoms with Gasteiger partial charge in [-0.15, -0.1) is 0 Å². The van der Waals surface area contributed by atoms with Crippen molar-refractivity contribution in [3.8, 4) is 0 Å². The number of sulfonamides is 1. The molecule has 0 radical (unpaired) electrons. The Bertz CT molecular complexity index is 639. The molecule has 0 saturated carbocycles. The third-order valence-electron chi connectivity index (χ3n) is 3.02. The van der Waals surface area contributed by atoms with E-state index < -0.39 is 10.0 Å². The Morgan fingerprint density at radius 3 is 2.60 bits per heavy atom. The average molecular weight is 314 g/mol. The van der Waals surface area contributed by atoms with Crippen LogP contribution in [0.4, 0.5) is 0 Å². The van der Waals surface area contributed by atoms with Gasteiger partial charge in [-0.2, -0.15) is 0 Å². The molecule has 0 saturated heterocycles. The fourth-order valence-corrected chi connectivity index (χ4v) is 2.58. The summed E-state index contributed by atoms with van der Waals surface area (Å²) in [6.07, 6.45) is 5.14. The van der Waals surface area contributed by atoms with Crippen LogP contribution in [0.2, 0.25) is 5.02 Å². The van der Waals surface area contributed by atoms with Gasteiger partial charge in [0.05, 0.1) is 18.1 Å². The summed E-state index contributed by atoms with van der Waals surface area (Å²) in [5.41, 5.74) is 0.964. The van der Waals surface area contributed by atoms with Gasteiger partial charge in [0.1, 0.15) is 0 Å². The van der Waals surface area contributed by atoms with Crippen molar-refractivity contribution in [2.24, 2.45) is 0 Å². The molecule has 20 heavy (non-hydrogen) atoms. The quantitative estimate of drug-likeness (QED) is 0.888. The molecule has 0 bridgehead atoms. The number of imidazole rings is 1. The molecule has 0 aliphatic carbocycles. The molecule has 7 heteroatoms. The van der Waals surface area contributed by atoms with Crippen molar-refractivity contribution >= 4 is 21.6 Å². The summed E-state index contributed by atoms with van der Waals surface area (Å²) >= 11 is 5.88. The summed E-state index contributed by atoms with van der Waals surface area (Å²) in [5.74, 6) is 0.0598. The van der Waals surface area contributed by atoms with E-state index in [1.165, 1.54) is 0 Å². The van der Waals surface area contributed by atoms with Crippen LogP contribution in [0.5, 0.6) is 0 Å². The Morgan fingerprint density at radius 1 is 1.35 bits per heavy atom. The van der Waals surface area contributed by atoms with Crippen molar-refractivity contribution in [2.75, 3.05) is 12.3 Å². The minimum Gasteiger partial charge on any atom is -0.329 e. The Labute approximate surface area is 123 Å². The molecule has 108 valence electrons. The summed E-state index contributed by atoms with van der Waals surface area (Å²) < 4.78 is 27.7. The third kappa shape index (κ3) is 3.82. The standard InChI is InChI=1S/C13H16ClN3O2S/c1-2-20(18,19)16-9-13(17-8-7-15-10-17)11-3-5-12(14)6-4-11/h3-8,10,13,16H,2,9H2,1H3. The van der Waals surface area contributed by atoms with Gasteiger partial charge in [0.25, 0.3) is 0 Å². The lowest BCUT2D eigenvalue weighted by Gasteiger charge is -2.19. The molecular weight excluding hydrogens is 298 g/mol. The summed E-state index contributed by atoms with van der Waals surface area (Å²) in [7, 11) is -3.23. The summed E-state index contributed by atoms with van der Waals surface area (Å²) in [5, 5.41) is 0.646. The second kappa shape index (κ2) is 6.39. The highest BCUT2D eigenvalue weighted by atomic mass is 35.5. The first-order valence-electron chi connectivity index (χ1n) is 6.22. The lowest BCUT2D eigenvalue weighted by Crippen LogP contribution is -2.32. The van der Waals surface area contributed by atoms with Crippen molar-refractivity contribution in [1.29, 1.82) is 0 Å². The number of aromatic nitrogens is 2. The topological polar surface area (TPSA) is 64.0 Å². The van der Waals surface area contributed by atoms with Crippen LogP contribution in [0.15, 0.2) is 43.0 Å². The third-order valence-corrected chi connectivity index (χ3v) is 4.63. The minimum absolute atomic E-state index is 0.0598. The molecule has 2 rings (SSSR count). The van der Waals surface area contributed by atoms with E-state index in [4.69, 9.17) is 11.6 Å². The van der Waals surface area contributed by atoms with Gasteiger partial charge in [-0.05, 0) is 24.6 Å². The van der Waals surface area contributed by atoms with Crippen molar-refractivity contribution in [1.82, 2.24) is 14.3 Å². The van der Waals surface area contributed by atoms with Gasteiger partial charge >= 0.3 is 0 Å². The van der Waals surface area contributed by atoms with Crippen LogP contribution in [0, 0.1) is 0 Å². The maximum absolute atomic E-state index is 11.6. The van der Waals surface area contributed by atoms with Crippen LogP contribution in [0.3, 0.4) is 0 Å². The zero-order valence-corrected chi connectivity index (χ0v) is 12.6. The normalized spacial score (nSPS) is 13.3. The lowest BCUT2D eigenvalue weighted by atomic mass is 10.1. The second-order valence-electron chi connectivity index (χ2n) is 4.33. The van der Waals surface area contributed by atoms with Crippen molar-refractivity contribution in [3.05, 3.63) is 53.6 Å². The highest BCUT2D eigenvalue weighted by Gasteiger charge is 2.16. The number of benzene rings is 1. The first-order valence-corrected chi connectivity index (χ1v) is 8.25. The fraction of sp³-hybridized carbons (Fsp3) is 0.308. The number of rotatable bonds is 6. The van der Waals surface area contributed by atoms with Gasteiger partial charge in [-0.25, -0.2) is 18.1 Å². The highest BCUT2D eigenvalue weighted by molar-refractivity contribution is 7.89. The monoisotopic (exact) mass is 313 g/mol. The number of nitrogens with one attached hydrogen (secondary N) is 1. The van der Waals surface area contributed by atoms with Crippen LogP contribution in [0.25, 0.3) is 0 Å². The predicted molar refractivity (Wildman–Crippen MR) is 79.3 cm³/mol. The number of hydrogen-bond acceptors (Lipinski definition) is 3. The Balaban J connectivity index is 2.24. The van der Waals surface area contributed by atoms with E-state index in [1.807, 2.05) is 16.7 Å². The molecule has 0 aliphatic heterocycles. The second-order valence-corrected chi connectivity index (χ2v) is 6.86. The Kier molecular flexibility index (Phi) is 4.80. The van der Waals surface area contributed by atoms with E-state index in [0.717, 1.165) is 5.56 Å². The van der Waals surface area contributed by atoms with E-state index >= 15 is 0 Å². The van der Waals surface area contributed by atoms with Crippen LogP contribution in [-0.2, 0) is 10.0 Å². The van der Waals surface area contributed by atoms with E-state index in [0.29, 0.717) is 5.02 Å². The predicted octanol–water partition coefficient (Wildman–Crippen LogP) is 2.07. The molecule has 1 heterocycles. The maximum Gasteiger partial charge on any atom is 0.211 e. The molecule has 1 N–H and O–H groups in total. The summed E-state index contributed by atoms with van der Waals surface area (Å²) in [6.45, 7) is 1.88. The highest BCUT2D eigenvalue weighted by Crippen LogP contribution is 2.20. The van der Waals surface area contributed by atoms with Gasteiger partial charge < -0.3 is 4.57 Å². The Hall–Kier alpha value is -1.37. The van der Waals surface area contributed by atoms with E-state index in [-0.39, 0.29) is 18.3 Å². The zero-order valence-electron chi connectivity index (χ0n) is 11.0. The summed E-state index contributed by atoms with van der Waals surface area (Å²) in [6, 6.07) is 7.18. The largest absolute Gasteiger partial charge is 0.329 e.